The number of hydrogen-bond acceptors (Lipinski definition) is 2. The van der Waals surface area contributed by atoms with Crippen molar-refractivity contribution in [3.05, 3.63) is 42.2 Å². The van der Waals surface area contributed by atoms with Crippen LogP contribution in [-0.2, 0) is 17.8 Å². The van der Waals surface area contributed by atoms with Crippen LogP contribution in [0, 0.1) is 0 Å². The van der Waals surface area contributed by atoms with Gasteiger partial charge in [-0.05, 0) is 38.3 Å². The maximum absolute atomic E-state index is 11.5. The quantitative estimate of drug-likeness (QED) is 0.288. The predicted octanol–water partition coefficient (Wildman–Crippen LogP) is 6.19. The molecular weight excluding hydrogens is 358 g/mol. The van der Waals surface area contributed by atoms with E-state index in [9.17, 15) is 4.79 Å². The van der Waals surface area contributed by atoms with Crippen LogP contribution in [0.3, 0.4) is 0 Å². The molecule has 0 aliphatic rings. The van der Waals surface area contributed by atoms with Crippen LogP contribution in [0.15, 0.2) is 36.4 Å². The number of aromatic nitrogens is 2. The van der Waals surface area contributed by atoms with Crippen LogP contribution in [0.25, 0.3) is 11.0 Å². The molecule has 1 aromatic heterocycles. The summed E-state index contributed by atoms with van der Waals surface area (Å²) in [5.74, 6) is 1.17. The number of carbonyl (C=O) groups is 1. The minimum atomic E-state index is -0.0403. The maximum atomic E-state index is 11.5. The van der Waals surface area contributed by atoms with E-state index in [0.29, 0.717) is 5.57 Å². The van der Waals surface area contributed by atoms with E-state index in [2.05, 4.69) is 47.7 Å². The lowest BCUT2D eigenvalue weighted by Crippen LogP contribution is -2.24. The van der Waals surface area contributed by atoms with Crippen LogP contribution in [0.2, 0.25) is 0 Å². The SMILES string of the molecule is C=C(C)C(=O)NCCCCCc1nc2ccccc2n1CCCCCCCCC. The number of para-hydroxylation sites is 2. The summed E-state index contributed by atoms with van der Waals surface area (Å²) in [6.07, 6.45) is 13.5. The summed E-state index contributed by atoms with van der Waals surface area (Å²) < 4.78 is 2.43. The Kier molecular flexibility index (Phi) is 10.5. The molecule has 0 aliphatic heterocycles. The Labute approximate surface area is 176 Å². The molecule has 0 saturated heterocycles. The van der Waals surface area contributed by atoms with Crippen molar-refractivity contribution in [2.45, 2.75) is 91.0 Å². The molecule has 1 heterocycles. The third-order valence-corrected chi connectivity index (χ3v) is 5.47. The highest BCUT2D eigenvalue weighted by Crippen LogP contribution is 2.19. The average Bonchev–Trinajstić information content (AvgIpc) is 3.07. The van der Waals surface area contributed by atoms with E-state index < -0.39 is 0 Å². The van der Waals surface area contributed by atoms with E-state index in [-0.39, 0.29) is 5.91 Å². The number of rotatable bonds is 15. The van der Waals surface area contributed by atoms with Gasteiger partial charge in [-0.15, -0.1) is 0 Å². The first-order valence-electron chi connectivity index (χ1n) is 11.5. The predicted molar refractivity (Wildman–Crippen MR) is 123 cm³/mol. The Bertz CT molecular complexity index is 763. The average molecular weight is 398 g/mol. The molecule has 4 nitrogen and oxygen atoms in total. The molecule has 160 valence electrons. The van der Waals surface area contributed by atoms with Crippen LogP contribution in [0.4, 0.5) is 0 Å². The van der Waals surface area contributed by atoms with Gasteiger partial charge in [0.2, 0.25) is 5.91 Å². The van der Waals surface area contributed by atoms with Gasteiger partial charge in [0.15, 0.2) is 0 Å². The van der Waals surface area contributed by atoms with Crippen LogP contribution >= 0.6 is 0 Å². The zero-order chi connectivity index (χ0) is 20.9. The van der Waals surface area contributed by atoms with E-state index in [0.717, 1.165) is 44.3 Å². The number of imidazole rings is 1. The number of nitrogens with zero attached hydrogens (tertiary/aromatic N) is 2. The molecule has 0 fully saturated rings. The number of benzene rings is 1. The van der Waals surface area contributed by atoms with Gasteiger partial charge in [-0.25, -0.2) is 4.98 Å². The summed E-state index contributed by atoms with van der Waals surface area (Å²) in [6, 6.07) is 8.49. The van der Waals surface area contributed by atoms with Crippen molar-refractivity contribution in [2.75, 3.05) is 6.54 Å². The van der Waals surface area contributed by atoms with Gasteiger partial charge < -0.3 is 9.88 Å². The summed E-state index contributed by atoms with van der Waals surface area (Å²) in [7, 11) is 0. The summed E-state index contributed by atoms with van der Waals surface area (Å²) in [6.45, 7) is 9.47. The molecule has 0 spiro atoms. The lowest BCUT2D eigenvalue weighted by molar-refractivity contribution is -0.117. The molecule has 4 heteroatoms. The van der Waals surface area contributed by atoms with Crippen molar-refractivity contribution in [2.24, 2.45) is 0 Å². The molecule has 0 atom stereocenters. The Morgan fingerprint density at radius 3 is 2.45 bits per heavy atom. The first kappa shape index (κ1) is 23.2. The molecule has 0 saturated carbocycles. The molecule has 2 aromatic rings. The van der Waals surface area contributed by atoms with E-state index in [1.807, 2.05) is 0 Å². The molecule has 0 bridgehead atoms. The topological polar surface area (TPSA) is 46.9 Å². The van der Waals surface area contributed by atoms with Crippen molar-refractivity contribution < 1.29 is 4.79 Å². The van der Waals surface area contributed by atoms with E-state index >= 15 is 0 Å². The highest BCUT2D eigenvalue weighted by Gasteiger charge is 2.10. The van der Waals surface area contributed by atoms with Gasteiger partial charge in [-0.2, -0.15) is 0 Å². The molecule has 0 radical (unpaired) electrons. The molecular formula is C25H39N3O. The number of aryl methyl sites for hydroxylation is 2. The number of nitrogens with one attached hydrogen (secondary N) is 1. The normalized spacial score (nSPS) is 11.1. The van der Waals surface area contributed by atoms with Gasteiger partial charge in [0, 0.05) is 25.1 Å². The lowest BCUT2D eigenvalue weighted by atomic mass is 10.1. The molecule has 1 aromatic carbocycles. The first-order valence-corrected chi connectivity index (χ1v) is 11.5. The second-order valence-corrected chi connectivity index (χ2v) is 8.14. The minimum Gasteiger partial charge on any atom is -0.352 e. The van der Waals surface area contributed by atoms with E-state index in [4.69, 9.17) is 4.98 Å². The number of amides is 1. The second-order valence-electron chi connectivity index (χ2n) is 8.14. The summed E-state index contributed by atoms with van der Waals surface area (Å²) in [5.41, 5.74) is 2.95. The molecule has 0 aliphatic carbocycles. The fourth-order valence-corrected chi connectivity index (χ4v) is 3.73. The van der Waals surface area contributed by atoms with Crippen LogP contribution in [-0.4, -0.2) is 22.0 Å². The molecule has 1 N–H and O–H groups in total. The minimum absolute atomic E-state index is 0.0403. The monoisotopic (exact) mass is 397 g/mol. The summed E-state index contributed by atoms with van der Waals surface area (Å²) in [5, 5.41) is 2.91. The highest BCUT2D eigenvalue weighted by atomic mass is 16.1. The largest absolute Gasteiger partial charge is 0.352 e. The van der Waals surface area contributed by atoms with Crippen LogP contribution in [0.1, 0.15) is 83.9 Å². The summed E-state index contributed by atoms with van der Waals surface area (Å²) in [4.78, 5) is 16.4. The lowest BCUT2D eigenvalue weighted by Gasteiger charge is -2.10. The van der Waals surface area contributed by atoms with Gasteiger partial charge in [-0.1, -0.05) is 70.6 Å². The Morgan fingerprint density at radius 1 is 1.00 bits per heavy atom. The van der Waals surface area contributed by atoms with Gasteiger partial charge in [0.1, 0.15) is 5.82 Å². The van der Waals surface area contributed by atoms with Crippen LogP contribution in [0.5, 0.6) is 0 Å². The molecule has 2 rings (SSSR count). The smallest absolute Gasteiger partial charge is 0.246 e. The Hall–Kier alpha value is -2.10. The van der Waals surface area contributed by atoms with E-state index in [1.165, 1.54) is 56.3 Å². The third kappa shape index (κ3) is 8.04. The van der Waals surface area contributed by atoms with Crippen molar-refractivity contribution in [3.8, 4) is 0 Å². The molecule has 29 heavy (non-hydrogen) atoms. The number of hydrogen-bond donors (Lipinski definition) is 1. The standard InChI is InChI=1S/C25H39N3O/c1-4-5-6-7-8-9-15-20-28-23-17-13-12-16-22(23)27-24(28)18-11-10-14-19-26-25(29)21(2)3/h12-13,16-17H,2,4-11,14-15,18-20H2,1,3H3,(H,26,29). The highest BCUT2D eigenvalue weighted by molar-refractivity contribution is 5.92. The molecule has 1 amide bonds. The van der Waals surface area contributed by atoms with Crippen molar-refractivity contribution in [3.63, 3.8) is 0 Å². The molecule has 0 unspecified atom stereocenters. The van der Waals surface area contributed by atoms with Crippen molar-refractivity contribution >= 4 is 16.9 Å². The van der Waals surface area contributed by atoms with Crippen molar-refractivity contribution in [1.29, 1.82) is 0 Å². The third-order valence-electron chi connectivity index (χ3n) is 5.47. The maximum Gasteiger partial charge on any atom is 0.246 e. The van der Waals surface area contributed by atoms with Crippen LogP contribution < -0.4 is 5.32 Å². The number of carbonyl (C=O) groups excluding carboxylic acids is 1. The second kappa shape index (κ2) is 13.2. The zero-order valence-electron chi connectivity index (χ0n) is 18.5. The fourth-order valence-electron chi connectivity index (χ4n) is 3.73. The van der Waals surface area contributed by atoms with Gasteiger partial charge >= 0.3 is 0 Å². The summed E-state index contributed by atoms with van der Waals surface area (Å²) >= 11 is 0. The van der Waals surface area contributed by atoms with Gasteiger partial charge in [0.25, 0.3) is 0 Å². The first-order chi connectivity index (χ1) is 14.1. The van der Waals surface area contributed by atoms with Crippen molar-refractivity contribution in [1.82, 2.24) is 14.9 Å². The zero-order valence-corrected chi connectivity index (χ0v) is 18.5. The van der Waals surface area contributed by atoms with E-state index in [1.54, 1.807) is 6.92 Å². The number of unbranched alkanes of at least 4 members (excludes halogenated alkanes) is 8. The van der Waals surface area contributed by atoms with Gasteiger partial charge in [0.05, 0.1) is 11.0 Å². The number of fused-ring (bicyclic) bond motifs is 1. The Balaban J connectivity index is 1.79. The fraction of sp³-hybridized carbons (Fsp3) is 0.600. The van der Waals surface area contributed by atoms with Gasteiger partial charge in [-0.3, -0.25) is 4.79 Å². The Morgan fingerprint density at radius 2 is 1.69 bits per heavy atom.